The van der Waals surface area contributed by atoms with Gasteiger partial charge in [0.2, 0.25) is 5.91 Å². The molecule has 0 N–H and O–H groups in total. The minimum absolute atomic E-state index is 0.0660. The number of hydrogen-bond donors (Lipinski definition) is 0. The standard InChI is InChI=1S/C22H22ClFN2O2/c23-17-7-4-8-18(24)20(17)21(28)25-13-11-22(12-14-25)10-9-19(27)26(22)15-16-5-2-1-3-6-16/h1-8H,9-15H2. The van der Waals surface area contributed by atoms with E-state index in [4.69, 9.17) is 11.6 Å². The zero-order valence-electron chi connectivity index (χ0n) is 15.5. The van der Waals surface area contributed by atoms with Gasteiger partial charge in [0, 0.05) is 31.6 Å². The van der Waals surface area contributed by atoms with E-state index in [1.54, 1.807) is 4.90 Å². The van der Waals surface area contributed by atoms with Crippen LogP contribution in [-0.2, 0) is 11.3 Å². The highest BCUT2D eigenvalue weighted by atomic mass is 35.5. The van der Waals surface area contributed by atoms with Crippen molar-refractivity contribution in [2.75, 3.05) is 13.1 Å². The average Bonchev–Trinajstić information content (AvgIpc) is 2.99. The van der Waals surface area contributed by atoms with Gasteiger partial charge in [-0.1, -0.05) is 48.0 Å². The van der Waals surface area contributed by atoms with E-state index in [2.05, 4.69) is 0 Å². The summed E-state index contributed by atoms with van der Waals surface area (Å²) in [6.45, 7) is 1.57. The van der Waals surface area contributed by atoms with Gasteiger partial charge in [-0.3, -0.25) is 9.59 Å². The SMILES string of the molecule is O=C(c1c(F)cccc1Cl)N1CCC2(CCC(=O)N2Cc2ccccc2)CC1. The van der Waals surface area contributed by atoms with E-state index < -0.39 is 5.82 Å². The van der Waals surface area contributed by atoms with Crippen molar-refractivity contribution in [1.29, 1.82) is 0 Å². The molecule has 0 aliphatic carbocycles. The van der Waals surface area contributed by atoms with Crippen LogP contribution in [0.4, 0.5) is 4.39 Å². The predicted octanol–water partition coefficient (Wildman–Crippen LogP) is 4.28. The summed E-state index contributed by atoms with van der Waals surface area (Å²) in [6.07, 6.45) is 2.74. The van der Waals surface area contributed by atoms with Gasteiger partial charge in [0.05, 0.1) is 10.6 Å². The molecule has 2 amide bonds. The monoisotopic (exact) mass is 400 g/mol. The molecule has 2 saturated heterocycles. The molecule has 4 rings (SSSR count). The van der Waals surface area contributed by atoms with Crippen LogP contribution in [0.2, 0.25) is 5.02 Å². The van der Waals surface area contributed by atoms with Gasteiger partial charge in [0.15, 0.2) is 0 Å². The zero-order valence-corrected chi connectivity index (χ0v) is 16.3. The number of amides is 2. The molecule has 146 valence electrons. The van der Waals surface area contributed by atoms with Gasteiger partial charge in [-0.15, -0.1) is 0 Å². The molecule has 0 atom stereocenters. The number of hydrogen-bond acceptors (Lipinski definition) is 2. The van der Waals surface area contributed by atoms with Crippen molar-refractivity contribution in [3.05, 3.63) is 70.5 Å². The fourth-order valence-corrected chi connectivity index (χ4v) is 4.65. The lowest BCUT2D eigenvalue weighted by Gasteiger charge is -2.45. The van der Waals surface area contributed by atoms with Crippen LogP contribution >= 0.6 is 11.6 Å². The number of likely N-dealkylation sites (tertiary alicyclic amines) is 2. The van der Waals surface area contributed by atoms with Gasteiger partial charge < -0.3 is 9.80 Å². The van der Waals surface area contributed by atoms with Crippen LogP contribution in [0.1, 0.15) is 41.6 Å². The lowest BCUT2D eigenvalue weighted by atomic mass is 9.84. The topological polar surface area (TPSA) is 40.6 Å². The molecule has 2 aliphatic heterocycles. The molecule has 2 fully saturated rings. The summed E-state index contributed by atoms with van der Waals surface area (Å²) in [4.78, 5) is 29.0. The molecule has 0 bridgehead atoms. The third-order valence-electron chi connectivity index (χ3n) is 6.02. The largest absolute Gasteiger partial charge is 0.338 e. The van der Waals surface area contributed by atoms with Crippen LogP contribution in [-0.4, -0.2) is 40.2 Å². The molecule has 28 heavy (non-hydrogen) atoms. The number of rotatable bonds is 3. The summed E-state index contributed by atoms with van der Waals surface area (Å²) in [7, 11) is 0. The fourth-order valence-electron chi connectivity index (χ4n) is 4.40. The Labute approximate surface area is 168 Å². The van der Waals surface area contributed by atoms with Crippen molar-refractivity contribution in [1.82, 2.24) is 9.80 Å². The molecule has 0 radical (unpaired) electrons. The van der Waals surface area contributed by atoms with E-state index in [0.717, 1.165) is 12.0 Å². The van der Waals surface area contributed by atoms with E-state index in [9.17, 15) is 14.0 Å². The third kappa shape index (κ3) is 3.39. The van der Waals surface area contributed by atoms with Gasteiger partial charge in [0.25, 0.3) is 5.91 Å². The Balaban J connectivity index is 1.49. The highest BCUT2D eigenvalue weighted by Crippen LogP contribution is 2.40. The minimum Gasteiger partial charge on any atom is -0.338 e. The van der Waals surface area contributed by atoms with Crippen molar-refractivity contribution < 1.29 is 14.0 Å². The number of benzene rings is 2. The maximum absolute atomic E-state index is 14.1. The molecule has 2 aromatic rings. The van der Waals surface area contributed by atoms with Crippen molar-refractivity contribution in [2.45, 2.75) is 37.8 Å². The molecule has 2 aromatic carbocycles. The van der Waals surface area contributed by atoms with Crippen LogP contribution in [0.3, 0.4) is 0 Å². The van der Waals surface area contributed by atoms with Crippen molar-refractivity contribution >= 4 is 23.4 Å². The Bertz CT molecular complexity index is 874. The molecular weight excluding hydrogens is 379 g/mol. The van der Waals surface area contributed by atoms with E-state index in [0.29, 0.717) is 38.9 Å². The molecule has 1 spiro atoms. The Morgan fingerprint density at radius 3 is 2.43 bits per heavy atom. The lowest BCUT2D eigenvalue weighted by molar-refractivity contribution is -0.133. The second kappa shape index (κ2) is 7.55. The van der Waals surface area contributed by atoms with Crippen molar-refractivity contribution in [3.63, 3.8) is 0 Å². The quantitative estimate of drug-likeness (QED) is 0.771. The summed E-state index contributed by atoms with van der Waals surface area (Å²) < 4.78 is 14.1. The zero-order chi connectivity index (χ0) is 19.7. The van der Waals surface area contributed by atoms with E-state index >= 15 is 0 Å². The second-order valence-electron chi connectivity index (χ2n) is 7.58. The molecule has 0 saturated carbocycles. The van der Waals surface area contributed by atoms with Crippen LogP contribution < -0.4 is 0 Å². The molecule has 2 aliphatic rings. The average molecular weight is 401 g/mol. The van der Waals surface area contributed by atoms with Crippen molar-refractivity contribution in [2.24, 2.45) is 0 Å². The summed E-state index contributed by atoms with van der Waals surface area (Å²) >= 11 is 6.06. The molecule has 6 heteroatoms. The molecule has 0 unspecified atom stereocenters. The third-order valence-corrected chi connectivity index (χ3v) is 6.33. The number of piperidine rings is 1. The van der Waals surface area contributed by atoms with Gasteiger partial charge >= 0.3 is 0 Å². The Hall–Kier alpha value is -2.40. The van der Waals surface area contributed by atoms with Crippen LogP contribution in [0.5, 0.6) is 0 Å². The number of halogens is 2. The first-order valence-corrected chi connectivity index (χ1v) is 9.96. The first kappa shape index (κ1) is 18.9. The molecular formula is C22H22ClFN2O2. The molecule has 4 nitrogen and oxygen atoms in total. The maximum Gasteiger partial charge on any atom is 0.258 e. The summed E-state index contributed by atoms with van der Waals surface area (Å²) in [5, 5.41) is 0.132. The first-order chi connectivity index (χ1) is 13.5. The Morgan fingerprint density at radius 1 is 1.04 bits per heavy atom. The highest BCUT2D eigenvalue weighted by Gasteiger charge is 2.47. The normalized spacial score (nSPS) is 18.7. The van der Waals surface area contributed by atoms with Gasteiger partial charge in [-0.2, -0.15) is 0 Å². The summed E-state index contributed by atoms with van der Waals surface area (Å²) in [6, 6.07) is 14.2. The van der Waals surface area contributed by atoms with Crippen molar-refractivity contribution in [3.8, 4) is 0 Å². The summed E-state index contributed by atoms with van der Waals surface area (Å²) in [5.41, 5.74) is 0.820. The van der Waals surface area contributed by atoms with Crippen LogP contribution in [0.25, 0.3) is 0 Å². The number of nitrogens with zero attached hydrogens (tertiary/aromatic N) is 2. The maximum atomic E-state index is 14.1. The Kier molecular flexibility index (Phi) is 5.11. The number of carbonyl (C=O) groups excluding carboxylic acids is 2. The summed E-state index contributed by atoms with van der Waals surface area (Å²) in [5.74, 6) is -0.808. The predicted molar refractivity (Wildman–Crippen MR) is 106 cm³/mol. The second-order valence-corrected chi connectivity index (χ2v) is 7.99. The van der Waals surface area contributed by atoms with Crippen LogP contribution in [0.15, 0.2) is 48.5 Å². The number of carbonyl (C=O) groups is 2. The minimum atomic E-state index is -0.598. The fraction of sp³-hybridized carbons (Fsp3) is 0.364. The first-order valence-electron chi connectivity index (χ1n) is 9.58. The van der Waals surface area contributed by atoms with E-state index in [1.807, 2.05) is 35.2 Å². The van der Waals surface area contributed by atoms with Gasteiger partial charge in [-0.25, -0.2) is 4.39 Å². The van der Waals surface area contributed by atoms with E-state index in [-0.39, 0.29) is 27.9 Å². The van der Waals surface area contributed by atoms with Gasteiger partial charge in [-0.05, 0) is 37.0 Å². The van der Waals surface area contributed by atoms with Crippen LogP contribution in [0, 0.1) is 5.82 Å². The van der Waals surface area contributed by atoms with E-state index in [1.165, 1.54) is 18.2 Å². The smallest absolute Gasteiger partial charge is 0.258 e. The molecule has 0 aromatic heterocycles. The highest BCUT2D eigenvalue weighted by molar-refractivity contribution is 6.33. The van der Waals surface area contributed by atoms with Gasteiger partial charge in [0.1, 0.15) is 5.82 Å². The lowest BCUT2D eigenvalue weighted by Crippen LogP contribution is -2.53. The Morgan fingerprint density at radius 2 is 1.75 bits per heavy atom. The molecule has 2 heterocycles.